The second-order valence-electron chi connectivity index (χ2n) is 4.91. The SMILES string of the molecule is Cc1cccc(C(=O)N(C)Cc2cnn(C)c2)c1[N+](=O)[O-]. The van der Waals surface area contributed by atoms with E-state index < -0.39 is 4.92 Å². The van der Waals surface area contributed by atoms with E-state index in [1.165, 1.54) is 11.0 Å². The predicted octanol–water partition coefficient (Wildman–Crippen LogP) is 1.91. The number of nitrogens with zero attached hydrogens (tertiary/aromatic N) is 4. The Labute approximate surface area is 121 Å². The van der Waals surface area contributed by atoms with Crippen molar-refractivity contribution in [1.82, 2.24) is 14.7 Å². The van der Waals surface area contributed by atoms with Crippen LogP contribution in [0, 0.1) is 17.0 Å². The molecule has 7 heteroatoms. The Morgan fingerprint density at radius 3 is 2.76 bits per heavy atom. The third-order valence-corrected chi connectivity index (χ3v) is 3.18. The Morgan fingerprint density at radius 2 is 2.19 bits per heavy atom. The number of hydrogen-bond acceptors (Lipinski definition) is 4. The van der Waals surface area contributed by atoms with Crippen molar-refractivity contribution in [2.75, 3.05) is 7.05 Å². The summed E-state index contributed by atoms with van der Waals surface area (Å²) in [4.78, 5) is 24.5. The molecule has 1 amide bonds. The van der Waals surface area contributed by atoms with E-state index in [1.54, 1.807) is 50.2 Å². The Bertz CT molecular complexity index is 693. The van der Waals surface area contributed by atoms with Crippen LogP contribution >= 0.6 is 0 Å². The van der Waals surface area contributed by atoms with Crippen LogP contribution in [0.2, 0.25) is 0 Å². The van der Waals surface area contributed by atoms with Crippen LogP contribution in [0.15, 0.2) is 30.6 Å². The molecule has 110 valence electrons. The molecular formula is C14H16N4O3. The van der Waals surface area contributed by atoms with E-state index in [2.05, 4.69) is 5.10 Å². The fraction of sp³-hybridized carbons (Fsp3) is 0.286. The molecule has 0 fully saturated rings. The Kier molecular flexibility index (Phi) is 4.02. The smallest absolute Gasteiger partial charge is 0.285 e. The highest BCUT2D eigenvalue weighted by Gasteiger charge is 2.24. The molecule has 0 unspecified atom stereocenters. The first-order valence-electron chi connectivity index (χ1n) is 6.37. The molecule has 1 heterocycles. The molecule has 0 aliphatic carbocycles. The van der Waals surface area contributed by atoms with Crippen LogP contribution in [0.1, 0.15) is 21.5 Å². The highest BCUT2D eigenvalue weighted by atomic mass is 16.6. The molecule has 0 saturated carbocycles. The van der Waals surface area contributed by atoms with E-state index in [1.807, 2.05) is 0 Å². The highest BCUT2D eigenvalue weighted by Crippen LogP contribution is 2.24. The lowest BCUT2D eigenvalue weighted by molar-refractivity contribution is -0.385. The number of aryl methyl sites for hydroxylation is 2. The Hall–Kier alpha value is -2.70. The molecule has 1 aromatic carbocycles. The summed E-state index contributed by atoms with van der Waals surface area (Å²) in [6.07, 6.45) is 3.46. The highest BCUT2D eigenvalue weighted by molar-refractivity contribution is 5.98. The van der Waals surface area contributed by atoms with Crippen LogP contribution in [-0.2, 0) is 13.6 Å². The van der Waals surface area contributed by atoms with Crippen molar-refractivity contribution in [3.63, 3.8) is 0 Å². The normalized spacial score (nSPS) is 10.4. The van der Waals surface area contributed by atoms with E-state index in [-0.39, 0.29) is 17.2 Å². The number of aromatic nitrogens is 2. The van der Waals surface area contributed by atoms with Gasteiger partial charge < -0.3 is 4.90 Å². The van der Waals surface area contributed by atoms with Gasteiger partial charge in [0.2, 0.25) is 0 Å². The third-order valence-electron chi connectivity index (χ3n) is 3.18. The zero-order valence-electron chi connectivity index (χ0n) is 12.1. The van der Waals surface area contributed by atoms with Gasteiger partial charge in [0.1, 0.15) is 5.56 Å². The summed E-state index contributed by atoms with van der Waals surface area (Å²) in [5.74, 6) is -0.380. The number of rotatable bonds is 4. The number of hydrogen-bond donors (Lipinski definition) is 0. The largest absolute Gasteiger partial charge is 0.337 e. The fourth-order valence-corrected chi connectivity index (χ4v) is 2.18. The first-order valence-corrected chi connectivity index (χ1v) is 6.37. The van der Waals surface area contributed by atoms with Gasteiger partial charge >= 0.3 is 0 Å². The molecular weight excluding hydrogens is 272 g/mol. The van der Waals surface area contributed by atoms with Crippen LogP contribution in [0.4, 0.5) is 5.69 Å². The number of carbonyl (C=O) groups is 1. The molecule has 7 nitrogen and oxygen atoms in total. The van der Waals surface area contributed by atoms with Gasteiger partial charge in [-0.15, -0.1) is 0 Å². The average molecular weight is 288 g/mol. The molecule has 21 heavy (non-hydrogen) atoms. The molecule has 0 spiro atoms. The first-order chi connectivity index (χ1) is 9.90. The van der Waals surface area contributed by atoms with Gasteiger partial charge in [-0.2, -0.15) is 5.10 Å². The van der Waals surface area contributed by atoms with Gasteiger partial charge in [-0.3, -0.25) is 19.6 Å². The lowest BCUT2D eigenvalue weighted by atomic mass is 10.1. The summed E-state index contributed by atoms with van der Waals surface area (Å²) in [5.41, 5.74) is 1.30. The summed E-state index contributed by atoms with van der Waals surface area (Å²) < 4.78 is 1.64. The van der Waals surface area contributed by atoms with Crippen molar-refractivity contribution in [3.05, 3.63) is 57.4 Å². The molecule has 0 atom stereocenters. The monoisotopic (exact) mass is 288 g/mol. The van der Waals surface area contributed by atoms with Crippen molar-refractivity contribution in [2.45, 2.75) is 13.5 Å². The van der Waals surface area contributed by atoms with Crippen LogP contribution < -0.4 is 0 Å². The van der Waals surface area contributed by atoms with E-state index in [0.29, 0.717) is 12.1 Å². The number of nitro benzene ring substituents is 1. The van der Waals surface area contributed by atoms with Gasteiger partial charge in [0.05, 0.1) is 11.1 Å². The van der Waals surface area contributed by atoms with Crippen LogP contribution in [0.25, 0.3) is 0 Å². The zero-order valence-corrected chi connectivity index (χ0v) is 12.1. The van der Waals surface area contributed by atoms with Gasteiger partial charge in [-0.25, -0.2) is 0 Å². The lowest BCUT2D eigenvalue weighted by Gasteiger charge is -2.16. The summed E-state index contributed by atoms with van der Waals surface area (Å²) >= 11 is 0. The van der Waals surface area contributed by atoms with E-state index in [0.717, 1.165) is 5.56 Å². The second kappa shape index (κ2) is 5.74. The van der Waals surface area contributed by atoms with Gasteiger partial charge in [0.25, 0.3) is 11.6 Å². The topological polar surface area (TPSA) is 81.3 Å². The quantitative estimate of drug-likeness (QED) is 0.635. The van der Waals surface area contributed by atoms with E-state index >= 15 is 0 Å². The lowest BCUT2D eigenvalue weighted by Crippen LogP contribution is -2.27. The molecule has 0 bridgehead atoms. The molecule has 2 rings (SSSR count). The summed E-state index contributed by atoms with van der Waals surface area (Å²) in [6.45, 7) is 1.97. The zero-order chi connectivity index (χ0) is 15.6. The van der Waals surface area contributed by atoms with Gasteiger partial charge in [0, 0.05) is 38.0 Å². The summed E-state index contributed by atoms with van der Waals surface area (Å²) in [7, 11) is 3.40. The predicted molar refractivity (Wildman–Crippen MR) is 76.8 cm³/mol. The van der Waals surface area contributed by atoms with Gasteiger partial charge in [-0.05, 0) is 13.0 Å². The number of para-hydroxylation sites is 1. The number of nitro groups is 1. The maximum atomic E-state index is 12.4. The minimum Gasteiger partial charge on any atom is -0.337 e. The van der Waals surface area contributed by atoms with Crippen LogP contribution in [-0.4, -0.2) is 32.6 Å². The van der Waals surface area contributed by atoms with Gasteiger partial charge in [0.15, 0.2) is 0 Å². The second-order valence-corrected chi connectivity index (χ2v) is 4.91. The molecule has 0 aliphatic heterocycles. The molecule has 1 aromatic heterocycles. The number of benzene rings is 1. The first kappa shape index (κ1) is 14.7. The molecule has 0 aliphatic rings. The Morgan fingerprint density at radius 1 is 1.48 bits per heavy atom. The van der Waals surface area contributed by atoms with Crippen LogP contribution in [0.5, 0.6) is 0 Å². The molecule has 0 N–H and O–H groups in total. The van der Waals surface area contributed by atoms with E-state index in [4.69, 9.17) is 0 Å². The Balaban J connectivity index is 2.27. The standard InChI is InChI=1S/C14H16N4O3/c1-10-5-4-6-12(13(10)18(20)21)14(19)16(2)8-11-7-15-17(3)9-11/h4-7,9H,8H2,1-3H3. The summed E-state index contributed by atoms with van der Waals surface area (Å²) in [5, 5.41) is 15.2. The maximum absolute atomic E-state index is 12.4. The fourth-order valence-electron chi connectivity index (χ4n) is 2.18. The van der Waals surface area contributed by atoms with E-state index in [9.17, 15) is 14.9 Å². The third kappa shape index (κ3) is 3.07. The molecule has 2 aromatic rings. The average Bonchev–Trinajstić information content (AvgIpc) is 2.82. The van der Waals surface area contributed by atoms with Gasteiger partial charge in [-0.1, -0.05) is 12.1 Å². The van der Waals surface area contributed by atoms with Crippen molar-refractivity contribution in [2.24, 2.45) is 7.05 Å². The minimum absolute atomic E-state index is 0.103. The number of amides is 1. The van der Waals surface area contributed by atoms with Crippen molar-refractivity contribution in [1.29, 1.82) is 0 Å². The van der Waals surface area contributed by atoms with Crippen molar-refractivity contribution >= 4 is 11.6 Å². The minimum atomic E-state index is -0.513. The summed E-state index contributed by atoms with van der Waals surface area (Å²) in [6, 6.07) is 4.75. The van der Waals surface area contributed by atoms with Crippen molar-refractivity contribution < 1.29 is 9.72 Å². The van der Waals surface area contributed by atoms with Crippen molar-refractivity contribution in [3.8, 4) is 0 Å². The number of carbonyl (C=O) groups excluding carboxylic acids is 1. The maximum Gasteiger partial charge on any atom is 0.285 e. The van der Waals surface area contributed by atoms with Crippen LogP contribution in [0.3, 0.4) is 0 Å². The molecule has 0 radical (unpaired) electrons. The molecule has 0 saturated heterocycles.